The van der Waals surface area contributed by atoms with E-state index in [0.717, 1.165) is 13.0 Å². The van der Waals surface area contributed by atoms with Crippen molar-refractivity contribution in [3.05, 3.63) is 34.4 Å². The first-order valence-electron chi connectivity index (χ1n) is 7.27. The van der Waals surface area contributed by atoms with Gasteiger partial charge in [-0.15, -0.1) is 0 Å². The van der Waals surface area contributed by atoms with E-state index in [4.69, 9.17) is 4.74 Å². The minimum atomic E-state index is -0.655. The third kappa shape index (κ3) is 3.92. The Kier molecular flexibility index (Phi) is 5.14. The topological polar surface area (TPSA) is 75.8 Å². The Morgan fingerprint density at radius 3 is 2.81 bits per heavy atom. The Morgan fingerprint density at radius 2 is 2.19 bits per heavy atom. The van der Waals surface area contributed by atoms with Gasteiger partial charge in [0.05, 0.1) is 4.92 Å². The third-order valence-corrected chi connectivity index (χ3v) is 4.21. The van der Waals surface area contributed by atoms with E-state index in [1.165, 1.54) is 6.07 Å². The predicted molar refractivity (Wildman–Crippen MR) is 79.4 cm³/mol. The lowest BCUT2D eigenvalue weighted by molar-refractivity contribution is -0.385. The number of nitrogens with zero attached hydrogens (tertiary/aromatic N) is 2. The van der Waals surface area contributed by atoms with Gasteiger partial charge in [-0.05, 0) is 31.9 Å². The van der Waals surface area contributed by atoms with Gasteiger partial charge in [0.2, 0.25) is 0 Å². The Bertz CT molecular complexity index is 494. The standard InChI is InChI=1S/C15H22N2O4/c1-11-7-8-16(12(11)2)9-13(18)10-21-15-6-4-3-5-14(15)17(19)20/h3-6,11-13,18H,7-10H2,1-2H3/t11-,12+,13+/m1/s1. The summed E-state index contributed by atoms with van der Waals surface area (Å²) in [5.41, 5.74) is -0.0761. The van der Waals surface area contributed by atoms with Crippen molar-refractivity contribution in [2.45, 2.75) is 32.4 Å². The zero-order chi connectivity index (χ0) is 15.4. The highest BCUT2D eigenvalue weighted by molar-refractivity contribution is 5.45. The summed E-state index contributed by atoms with van der Waals surface area (Å²) in [6, 6.07) is 6.66. The van der Waals surface area contributed by atoms with E-state index in [0.29, 0.717) is 18.5 Å². The number of benzene rings is 1. The van der Waals surface area contributed by atoms with Gasteiger partial charge >= 0.3 is 5.69 Å². The molecule has 1 aliphatic heterocycles. The van der Waals surface area contributed by atoms with E-state index in [2.05, 4.69) is 18.7 Å². The van der Waals surface area contributed by atoms with Crippen molar-refractivity contribution in [1.82, 2.24) is 4.90 Å². The van der Waals surface area contributed by atoms with Crippen LogP contribution in [-0.4, -0.2) is 46.8 Å². The Hall–Kier alpha value is -1.66. The molecule has 6 heteroatoms. The third-order valence-electron chi connectivity index (χ3n) is 4.21. The minimum Gasteiger partial charge on any atom is -0.484 e. The summed E-state index contributed by atoms with van der Waals surface area (Å²) in [5, 5.41) is 20.9. The van der Waals surface area contributed by atoms with Gasteiger partial charge in [0.1, 0.15) is 12.7 Å². The predicted octanol–water partition coefficient (Wildman–Crippen LogP) is 2.06. The van der Waals surface area contributed by atoms with Crippen LogP contribution in [0.15, 0.2) is 24.3 Å². The molecule has 1 aromatic carbocycles. The summed E-state index contributed by atoms with van der Waals surface area (Å²) in [4.78, 5) is 12.6. The van der Waals surface area contributed by atoms with Crippen LogP contribution in [0.2, 0.25) is 0 Å². The number of aliphatic hydroxyl groups is 1. The van der Waals surface area contributed by atoms with E-state index >= 15 is 0 Å². The number of hydrogen-bond donors (Lipinski definition) is 1. The monoisotopic (exact) mass is 294 g/mol. The Morgan fingerprint density at radius 1 is 1.48 bits per heavy atom. The maximum absolute atomic E-state index is 10.9. The summed E-state index contributed by atoms with van der Waals surface area (Å²) in [6.45, 7) is 5.94. The number of hydrogen-bond acceptors (Lipinski definition) is 5. The quantitative estimate of drug-likeness (QED) is 0.642. The van der Waals surface area contributed by atoms with Gasteiger partial charge in [0, 0.05) is 18.7 Å². The molecule has 0 saturated carbocycles. The first-order valence-corrected chi connectivity index (χ1v) is 7.27. The molecule has 0 unspecified atom stereocenters. The largest absolute Gasteiger partial charge is 0.484 e. The number of aliphatic hydroxyl groups excluding tert-OH is 1. The lowest BCUT2D eigenvalue weighted by Crippen LogP contribution is -2.38. The van der Waals surface area contributed by atoms with Crippen LogP contribution in [0.3, 0.4) is 0 Å². The van der Waals surface area contributed by atoms with Crippen molar-refractivity contribution in [1.29, 1.82) is 0 Å². The zero-order valence-electron chi connectivity index (χ0n) is 12.4. The van der Waals surface area contributed by atoms with Gasteiger partial charge in [-0.3, -0.25) is 15.0 Å². The fourth-order valence-corrected chi connectivity index (χ4v) is 2.67. The molecule has 1 heterocycles. The molecular formula is C15H22N2O4. The zero-order valence-corrected chi connectivity index (χ0v) is 12.4. The van der Waals surface area contributed by atoms with E-state index < -0.39 is 11.0 Å². The Balaban J connectivity index is 1.87. The molecule has 116 valence electrons. The molecule has 6 nitrogen and oxygen atoms in total. The van der Waals surface area contributed by atoms with Crippen molar-refractivity contribution in [3.63, 3.8) is 0 Å². The van der Waals surface area contributed by atoms with E-state index in [1.54, 1.807) is 18.2 Å². The second kappa shape index (κ2) is 6.87. The number of rotatable bonds is 6. The van der Waals surface area contributed by atoms with Gasteiger partial charge in [0.25, 0.3) is 0 Å². The number of β-amino-alcohol motifs (C(OH)–C–C–N with tert-alkyl or cyclic N) is 1. The maximum atomic E-state index is 10.9. The van der Waals surface area contributed by atoms with Crippen molar-refractivity contribution in [2.24, 2.45) is 5.92 Å². The molecule has 0 amide bonds. The molecule has 2 rings (SSSR count). The van der Waals surface area contributed by atoms with Crippen molar-refractivity contribution in [3.8, 4) is 5.75 Å². The first kappa shape index (κ1) is 15.7. The average molecular weight is 294 g/mol. The molecule has 1 fully saturated rings. The summed E-state index contributed by atoms with van der Waals surface area (Å²) >= 11 is 0. The smallest absolute Gasteiger partial charge is 0.310 e. The number of likely N-dealkylation sites (tertiary alicyclic amines) is 1. The fraction of sp³-hybridized carbons (Fsp3) is 0.600. The van der Waals surface area contributed by atoms with Crippen LogP contribution in [0.4, 0.5) is 5.69 Å². The van der Waals surface area contributed by atoms with Crippen molar-refractivity contribution < 1.29 is 14.8 Å². The minimum absolute atomic E-state index is 0.0580. The molecule has 1 aromatic rings. The van der Waals surface area contributed by atoms with E-state index in [9.17, 15) is 15.2 Å². The van der Waals surface area contributed by atoms with Gasteiger partial charge in [-0.2, -0.15) is 0 Å². The first-order chi connectivity index (χ1) is 9.99. The highest BCUT2D eigenvalue weighted by Gasteiger charge is 2.28. The summed E-state index contributed by atoms with van der Waals surface area (Å²) in [7, 11) is 0. The maximum Gasteiger partial charge on any atom is 0.310 e. The van der Waals surface area contributed by atoms with Crippen LogP contribution < -0.4 is 4.74 Å². The molecular weight excluding hydrogens is 272 g/mol. The van der Waals surface area contributed by atoms with Crippen LogP contribution >= 0.6 is 0 Å². The highest BCUT2D eigenvalue weighted by Crippen LogP contribution is 2.26. The van der Waals surface area contributed by atoms with Crippen LogP contribution in [0, 0.1) is 16.0 Å². The van der Waals surface area contributed by atoms with E-state index in [-0.39, 0.29) is 18.0 Å². The molecule has 0 aliphatic carbocycles. The summed E-state index contributed by atoms with van der Waals surface area (Å²) < 4.78 is 5.41. The van der Waals surface area contributed by atoms with Gasteiger partial charge < -0.3 is 9.84 Å². The molecule has 21 heavy (non-hydrogen) atoms. The molecule has 3 atom stereocenters. The molecule has 1 aliphatic rings. The van der Waals surface area contributed by atoms with Crippen LogP contribution in [0.5, 0.6) is 5.75 Å². The molecule has 1 saturated heterocycles. The SMILES string of the molecule is C[C@@H]1CCN(C[C@H](O)COc2ccccc2[N+](=O)[O-])[C@H]1C. The molecule has 0 bridgehead atoms. The highest BCUT2D eigenvalue weighted by atomic mass is 16.6. The van der Waals surface area contributed by atoms with E-state index in [1.807, 2.05) is 0 Å². The van der Waals surface area contributed by atoms with Crippen LogP contribution in [0.25, 0.3) is 0 Å². The molecule has 0 radical (unpaired) electrons. The average Bonchev–Trinajstić information content (AvgIpc) is 2.77. The number of para-hydroxylation sites is 2. The second-order valence-corrected chi connectivity index (χ2v) is 5.69. The van der Waals surface area contributed by atoms with Crippen LogP contribution in [-0.2, 0) is 0 Å². The van der Waals surface area contributed by atoms with Crippen molar-refractivity contribution in [2.75, 3.05) is 19.7 Å². The summed E-state index contributed by atoms with van der Waals surface area (Å²) in [6.07, 6.45) is 0.483. The Labute approximate surface area is 124 Å². The molecule has 0 spiro atoms. The van der Waals surface area contributed by atoms with Gasteiger partial charge in [-0.25, -0.2) is 0 Å². The van der Waals surface area contributed by atoms with Crippen LogP contribution in [0.1, 0.15) is 20.3 Å². The van der Waals surface area contributed by atoms with Crippen molar-refractivity contribution >= 4 is 5.69 Å². The molecule has 0 aromatic heterocycles. The molecule has 1 N–H and O–H groups in total. The van der Waals surface area contributed by atoms with Gasteiger partial charge in [0.15, 0.2) is 5.75 Å². The summed E-state index contributed by atoms with van der Waals surface area (Å²) in [5.74, 6) is 0.831. The van der Waals surface area contributed by atoms with Gasteiger partial charge in [-0.1, -0.05) is 19.1 Å². The number of nitro benzene ring substituents is 1. The lowest BCUT2D eigenvalue weighted by atomic mass is 10.1. The lowest BCUT2D eigenvalue weighted by Gasteiger charge is -2.25. The fourth-order valence-electron chi connectivity index (χ4n) is 2.67. The number of nitro groups is 1. The second-order valence-electron chi connectivity index (χ2n) is 5.69. The number of ether oxygens (including phenoxy) is 1. The normalized spacial score (nSPS) is 24.0.